The van der Waals surface area contributed by atoms with E-state index in [2.05, 4.69) is 69.5 Å². The number of hydrogen-bond donors (Lipinski definition) is 2. The molecular weight excluding hydrogens is 458 g/mol. The lowest BCUT2D eigenvalue weighted by atomic mass is 10.0. The fourth-order valence-corrected chi connectivity index (χ4v) is 4.27. The minimum absolute atomic E-state index is 0.0162. The van der Waals surface area contributed by atoms with E-state index in [1.807, 2.05) is 19.3 Å². The standard InChI is InChI=1S/C21H17N3S.C5H6N4O/c1-3-20-18(16-7-5-4-6-8-16)11-19-17(14-25-21(19)23-20)10-9-15-12-22-24(2)13-15;6-4-3(5(7)10)8-1-2-9-4/h4-8,11-14H,3H2,1-2H3;1-2H,(H2,6,9)(H2,7,10). The van der Waals surface area contributed by atoms with Crippen LogP contribution in [0.25, 0.3) is 21.3 Å². The van der Waals surface area contributed by atoms with E-state index in [-0.39, 0.29) is 11.5 Å². The molecule has 8 nitrogen and oxygen atoms in total. The fourth-order valence-electron chi connectivity index (χ4n) is 3.39. The van der Waals surface area contributed by atoms with Crippen molar-refractivity contribution in [1.82, 2.24) is 24.7 Å². The quantitative estimate of drug-likeness (QED) is 0.377. The van der Waals surface area contributed by atoms with Gasteiger partial charge in [0.1, 0.15) is 4.83 Å². The van der Waals surface area contributed by atoms with Gasteiger partial charge >= 0.3 is 0 Å². The normalized spacial score (nSPS) is 10.2. The van der Waals surface area contributed by atoms with Gasteiger partial charge < -0.3 is 11.5 Å². The summed E-state index contributed by atoms with van der Waals surface area (Å²) in [5, 5.41) is 7.37. The van der Waals surface area contributed by atoms with Crippen LogP contribution in [0.3, 0.4) is 0 Å². The van der Waals surface area contributed by atoms with Crippen LogP contribution in [-0.4, -0.2) is 30.6 Å². The number of thiophene rings is 1. The predicted molar refractivity (Wildman–Crippen MR) is 139 cm³/mol. The van der Waals surface area contributed by atoms with Crippen LogP contribution in [0, 0.1) is 11.8 Å². The highest BCUT2D eigenvalue weighted by Crippen LogP contribution is 2.31. The summed E-state index contributed by atoms with van der Waals surface area (Å²) < 4.78 is 1.76. The van der Waals surface area contributed by atoms with Crippen molar-refractivity contribution < 1.29 is 4.79 Å². The van der Waals surface area contributed by atoms with E-state index in [4.69, 9.17) is 16.5 Å². The Labute approximate surface area is 206 Å². The van der Waals surface area contributed by atoms with Crippen LogP contribution in [0.5, 0.6) is 0 Å². The molecule has 35 heavy (non-hydrogen) atoms. The number of fused-ring (bicyclic) bond motifs is 1. The number of carbonyl (C=O) groups excluding carboxylic acids is 1. The molecule has 4 heterocycles. The number of nitrogens with zero attached hydrogens (tertiary/aromatic N) is 5. The molecule has 0 bridgehead atoms. The lowest BCUT2D eigenvalue weighted by Gasteiger charge is -2.08. The first-order valence-electron chi connectivity index (χ1n) is 10.8. The van der Waals surface area contributed by atoms with E-state index in [0.717, 1.165) is 33.5 Å². The van der Waals surface area contributed by atoms with Gasteiger partial charge in [-0.25, -0.2) is 15.0 Å². The molecule has 1 aromatic carbocycles. The van der Waals surface area contributed by atoms with Gasteiger partial charge in [-0.2, -0.15) is 5.10 Å². The number of rotatable bonds is 3. The third kappa shape index (κ3) is 5.51. The second kappa shape index (κ2) is 10.6. The molecule has 0 aliphatic carbocycles. The monoisotopic (exact) mass is 481 g/mol. The van der Waals surface area contributed by atoms with Gasteiger partial charge in [0.2, 0.25) is 0 Å². The van der Waals surface area contributed by atoms with Crippen molar-refractivity contribution >= 4 is 33.3 Å². The first-order chi connectivity index (χ1) is 17.0. The Balaban J connectivity index is 0.000000243. The minimum Gasteiger partial charge on any atom is -0.382 e. The Morgan fingerprint density at radius 2 is 1.91 bits per heavy atom. The molecule has 0 aliphatic rings. The van der Waals surface area contributed by atoms with E-state index in [1.165, 1.54) is 23.5 Å². The van der Waals surface area contributed by atoms with Crippen molar-refractivity contribution in [2.75, 3.05) is 5.73 Å². The van der Waals surface area contributed by atoms with Gasteiger partial charge in [-0.05, 0) is 18.1 Å². The summed E-state index contributed by atoms with van der Waals surface area (Å²) in [5.74, 6) is 5.88. The Morgan fingerprint density at radius 3 is 2.54 bits per heavy atom. The summed E-state index contributed by atoms with van der Waals surface area (Å²) in [4.78, 5) is 23.6. The van der Waals surface area contributed by atoms with Crippen molar-refractivity contribution in [3.05, 3.63) is 89.1 Å². The first-order valence-corrected chi connectivity index (χ1v) is 11.7. The van der Waals surface area contributed by atoms with Crippen LogP contribution in [0.15, 0.2) is 66.6 Å². The summed E-state index contributed by atoms with van der Waals surface area (Å²) in [5.41, 5.74) is 15.6. The molecule has 1 amide bonds. The minimum atomic E-state index is -0.661. The van der Waals surface area contributed by atoms with Crippen LogP contribution < -0.4 is 11.5 Å². The maximum atomic E-state index is 10.5. The molecule has 5 aromatic rings. The van der Waals surface area contributed by atoms with Crippen LogP contribution in [0.2, 0.25) is 0 Å². The van der Waals surface area contributed by atoms with Crippen molar-refractivity contribution in [3.8, 4) is 23.0 Å². The zero-order chi connectivity index (χ0) is 24.8. The molecule has 0 fully saturated rings. The van der Waals surface area contributed by atoms with Gasteiger partial charge in [0, 0.05) is 53.2 Å². The van der Waals surface area contributed by atoms with E-state index in [9.17, 15) is 4.79 Å². The second-order valence-electron chi connectivity index (χ2n) is 7.51. The van der Waals surface area contributed by atoms with Gasteiger partial charge in [0.05, 0.1) is 11.8 Å². The van der Waals surface area contributed by atoms with Gasteiger partial charge in [-0.15, -0.1) is 11.3 Å². The number of carbonyl (C=O) groups is 1. The lowest BCUT2D eigenvalue weighted by Crippen LogP contribution is -2.16. The molecular formula is C26H23N7OS. The van der Waals surface area contributed by atoms with Crippen molar-refractivity contribution in [1.29, 1.82) is 0 Å². The zero-order valence-electron chi connectivity index (χ0n) is 19.3. The number of nitrogens with two attached hydrogens (primary N) is 2. The number of hydrogen-bond acceptors (Lipinski definition) is 7. The fraction of sp³-hybridized carbons (Fsp3) is 0.115. The summed E-state index contributed by atoms with van der Waals surface area (Å²) in [7, 11) is 1.90. The maximum absolute atomic E-state index is 10.5. The number of pyridine rings is 1. The van der Waals surface area contributed by atoms with Crippen LogP contribution in [0.4, 0.5) is 5.82 Å². The molecule has 5 rings (SSSR count). The number of benzene rings is 1. The Kier molecular flexibility index (Phi) is 7.14. The van der Waals surface area contributed by atoms with Crippen molar-refractivity contribution in [3.63, 3.8) is 0 Å². The largest absolute Gasteiger partial charge is 0.382 e. The summed E-state index contributed by atoms with van der Waals surface area (Å²) in [6, 6.07) is 12.7. The molecule has 0 unspecified atom stereocenters. The summed E-state index contributed by atoms with van der Waals surface area (Å²) in [6.45, 7) is 2.15. The van der Waals surface area contributed by atoms with Crippen LogP contribution >= 0.6 is 11.3 Å². The number of nitrogen functional groups attached to an aromatic ring is 1. The Morgan fingerprint density at radius 1 is 1.14 bits per heavy atom. The Bertz CT molecular complexity index is 1540. The molecule has 0 aliphatic heterocycles. The maximum Gasteiger partial charge on any atom is 0.271 e. The third-order valence-corrected chi connectivity index (χ3v) is 5.96. The molecule has 9 heteroatoms. The highest BCUT2D eigenvalue weighted by molar-refractivity contribution is 7.17. The SMILES string of the molecule is CCc1nc2scc(C#Cc3cnn(C)c3)c2cc1-c1ccccc1.NC(=O)c1nccnc1N. The molecule has 174 valence electrons. The number of aryl methyl sites for hydroxylation is 2. The van der Waals surface area contributed by atoms with Crippen molar-refractivity contribution in [2.45, 2.75) is 13.3 Å². The number of aromatic nitrogens is 5. The molecule has 4 N–H and O–H groups in total. The molecule has 0 radical (unpaired) electrons. The number of amides is 1. The van der Waals surface area contributed by atoms with Gasteiger partial charge in [-0.1, -0.05) is 49.1 Å². The average Bonchev–Trinajstić information content (AvgIpc) is 3.48. The lowest BCUT2D eigenvalue weighted by molar-refractivity contribution is 0.0996. The molecule has 0 atom stereocenters. The highest BCUT2D eigenvalue weighted by atomic mass is 32.1. The van der Waals surface area contributed by atoms with Gasteiger partial charge in [-0.3, -0.25) is 9.48 Å². The third-order valence-electron chi connectivity index (χ3n) is 5.07. The molecule has 4 aromatic heterocycles. The van der Waals surface area contributed by atoms with Crippen LogP contribution in [0.1, 0.15) is 34.2 Å². The first kappa shape index (κ1) is 23.6. The van der Waals surface area contributed by atoms with E-state index >= 15 is 0 Å². The van der Waals surface area contributed by atoms with Gasteiger partial charge in [0.25, 0.3) is 5.91 Å². The summed E-state index contributed by atoms with van der Waals surface area (Å²) >= 11 is 1.65. The smallest absolute Gasteiger partial charge is 0.271 e. The van der Waals surface area contributed by atoms with E-state index < -0.39 is 5.91 Å². The molecule has 0 spiro atoms. The van der Waals surface area contributed by atoms with E-state index in [0.29, 0.717) is 0 Å². The highest BCUT2D eigenvalue weighted by Gasteiger charge is 2.11. The van der Waals surface area contributed by atoms with E-state index in [1.54, 1.807) is 22.2 Å². The topological polar surface area (TPSA) is 126 Å². The summed E-state index contributed by atoms with van der Waals surface area (Å²) in [6.07, 6.45) is 7.36. The number of primary amides is 1. The average molecular weight is 482 g/mol. The predicted octanol–water partition coefficient (Wildman–Crippen LogP) is 3.82. The van der Waals surface area contributed by atoms with Crippen LogP contribution in [-0.2, 0) is 13.5 Å². The van der Waals surface area contributed by atoms with Crippen molar-refractivity contribution in [2.24, 2.45) is 12.8 Å². The molecule has 0 saturated heterocycles. The zero-order valence-corrected chi connectivity index (χ0v) is 20.1. The van der Waals surface area contributed by atoms with Gasteiger partial charge in [0.15, 0.2) is 11.5 Å². The number of anilines is 1. The second-order valence-corrected chi connectivity index (χ2v) is 8.37. The Hall–Kier alpha value is -4.55. The molecule has 0 saturated carbocycles.